The van der Waals surface area contributed by atoms with Crippen LogP contribution in [-0.2, 0) is 14.8 Å². The summed E-state index contributed by atoms with van der Waals surface area (Å²) in [6.45, 7) is 2.37. The van der Waals surface area contributed by atoms with Crippen LogP contribution in [0.2, 0.25) is 0 Å². The van der Waals surface area contributed by atoms with E-state index in [2.05, 4.69) is 5.32 Å². The maximum absolute atomic E-state index is 13.0. The molecule has 24 heavy (non-hydrogen) atoms. The fourth-order valence-corrected chi connectivity index (χ4v) is 4.67. The van der Waals surface area contributed by atoms with Crippen molar-refractivity contribution in [2.45, 2.75) is 23.8 Å². The number of nitrogens with one attached hydrogen (secondary N) is 1. The Morgan fingerprint density at radius 2 is 1.88 bits per heavy atom. The van der Waals surface area contributed by atoms with Gasteiger partial charge in [-0.05, 0) is 37.1 Å². The van der Waals surface area contributed by atoms with Gasteiger partial charge >= 0.3 is 0 Å². The number of piperidine rings is 1. The van der Waals surface area contributed by atoms with E-state index >= 15 is 0 Å². The first-order chi connectivity index (χ1) is 11.0. The number of amides is 1. The van der Waals surface area contributed by atoms with E-state index in [-0.39, 0.29) is 29.3 Å². The normalized spacial score (nSPS) is 23.0. The number of hydrogen-bond donors (Lipinski definition) is 1. The number of hydrogen-bond acceptors (Lipinski definition) is 4. The number of halogens is 2. The van der Waals surface area contributed by atoms with E-state index in [1.54, 1.807) is 4.90 Å². The van der Waals surface area contributed by atoms with Gasteiger partial charge in [-0.2, -0.15) is 4.31 Å². The Balaban J connectivity index is 0.00000208. The molecule has 1 amide bonds. The van der Waals surface area contributed by atoms with Gasteiger partial charge in [0.25, 0.3) is 0 Å². The second kappa shape index (κ2) is 7.77. The summed E-state index contributed by atoms with van der Waals surface area (Å²) in [6, 6.07) is 4.77. The molecule has 0 bridgehead atoms. The molecular weight excluding hydrogens is 357 g/mol. The lowest BCUT2D eigenvalue weighted by Crippen LogP contribution is -2.57. The molecule has 0 saturated carbocycles. The Morgan fingerprint density at radius 1 is 1.17 bits per heavy atom. The van der Waals surface area contributed by atoms with Crippen LogP contribution < -0.4 is 5.32 Å². The predicted octanol–water partition coefficient (Wildman–Crippen LogP) is 0.832. The van der Waals surface area contributed by atoms with Crippen molar-refractivity contribution in [2.24, 2.45) is 0 Å². The maximum atomic E-state index is 13.0. The topological polar surface area (TPSA) is 69.7 Å². The van der Waals surface area contributed by atoms with Crippen LogP contribution in [0.3, 0.4) is 0 Å². The highest BCUT2D eigenvalue weighted by Gasteiger charge is 2.35. The molecule has 1 aromatic rings. The minimum absolute atomic E-state index is 0. The standard InChI is InChI=1S/C15H20FN3O3S.ClH/c16-12-3-5-14(6-4-12)23(21,22)18-8-1-2-13(11-18)19-9-7-17-10-15(19)20;/h3-6,13,17H,1-2,7-11H2;1H. The van der Waals surface area contributed by atoms with Gasteiger partial charge in [0.2, 0.25) is 15.9 Å². The van der Waals surface area contributed by atoms with Crippen LogP contribution in [0.1, 0.15) is 12.8 Å². The van der Waals surface area contributed by atoms with Gasteiger partial charge < -0.3 is 10.2 Å². The molecule has 0 aliphatic carbocycles. The lowest BCUT2D eigenvalue weighted by Gasteiger charge is -2.40. The van der Waals surface area contributed by atoms with E-state index < -0.39 is 15.8 Å². The number of nitrogens with zero attached hydrogens (tertiary/aromatic N) is 2. The number of rotatable bonds is 3. The Hall–Kier alpha value is -1.22. The molecule has 0 aromatic heterocycles. The Kier molecular flexibility index (Phi) is 6.19. The minimum Gasteiger partial charge on any atom is -0.336 e. The minimum atomic E-state index is -3.65. The van der Waals surface area contributed by atoms with Gasteiger partial charge in [-0.25, -0.2) is 12.8 Å². The van der Waals surface area contributed by atoms with E-state index in [0.717, 1.165) is 25.1 Å². The number of piperazine rings is 1. The third-order valence-corrected chi connectivity index (χ3v) is 6.26. The van der Waals surface area contributed by atoms with Gasteiger partial charge in [0.05, 0.1) is 11.4 Å². The van der Waals surface area contributed by atoms with Crippen molar-refractivity contribution in [3.05, 3.63) is 30.1 Å². The molecule has 3 rings (SSSR count). The summed E-state index contributed by atoms with van der Waals surface area (Å²) in [5, 5.41) is 3.02. The molecule has 1 atom stereocenters. The molecule has 2 aliphatic heterocycles. The number of carbonyl (C=O) groups excluding carboxylic acids is 1. The summed E-state index contributed by atoms with van der Waals surface area (Å²) in [6.07, 6.45) is 1.52. The molecule has 2 fully saturated rings. The van der Waals surface area contributed by atoms with Crippen molar-refractivity contribution in [3.8, 4) is 0 Å². The zero-order valence-electron chi connectivity index (χ0n) is 13.2. The number of sulfonamides is 1. The lowest BCUT2D eigenvalue weighted by molar-refractivity contribution is -0.135. The van der Waals surface area contributed by atoms with Gasteiger partial charge in [0.1, 0.15) is 5.82 Å². The molecule has 1 N–H and O–H groups in total. The van der Waals surface area contributed by atoms with E-state index in [1.807, 2.05) is 0 Å². The second-order valence-corrected chi connectivity index (χ2v) is 7.81. The third kappa shape index (κ3) is 3.88. The molecule has 6 nitrogen and oxygen atoms in total. The van der Waals surface area contributed by atoms with E-state index in [9.17, 15) is 17.6 Å². The number of benzene rings is 1. The average Bonchev–Trinajstić information content (AvgIpc) is 2.56. The van der Waals surface area contributed by atoms with Crippen molar-refractivity contribution >= 4 is 28.3 Å². The monoisotopic (exact) mass is 377 g/mol. The summed E-state index contributed by atoms with van der Waals surface area (Å²) in [5.74, 6) is -0.450. The first-order valence-corrected chi connectivity index (χ1v) is 9.18. The summed E-state index contributed by atoms with van der Waals surface area (Å²) in [7, 11) is -3.65. The molecule has 2 saturated heterocycles. The Labute approximate surface area is 147 Å². The predicted molar refractivity (Wildman–Crippen MR) is 90.0 cm³/mol. The third-order valence-electron chi connectivity index (χ3n) is 4.38. The zero-order valence-corrected chi connectivity index (χ0v) is 14.8. The van der Waals surface area contributed by atoms with Gasteiger partial charge in [-0.3, -0.25) is 4.79 Å². The van der Waals surface area contributed by atoms with Crippen molar-refractivity contribution in [2.75, 3.05) is 32.7 Å². The van der Waals surface area contributed by atoms with Gasteiger partial charge in [-0.15, -0.1) is 12.4 Å². The average molecular weight is 378 g/mol. The summed E-state index contributed by atoms with van der Waals surface area (Å²) < 4.78 is 39.8. The van der Waals surface area contributed by atoms with E-state index in [1.165, 1.54) is 16.4 Å². The highest BCUT2D eigenvalue weighted by molar-refractivity contribution is 7.89. The molecule has 0 radical (unpaired) electrons. The Bertz CT molecular complexity index is 684. The molecule has 2 aliphatic rings. The van der Waals surface area contributed by atoms with Crippen LogP contribution >= 0.6 is 12.4 Å². The van der Waals surface area contributed by atoms with Crippen LogP contribution in [-0.4, -0.2) is 62.3 Å². The molecule has 1 unspecified atom stereocenters. The highest BCUT2D eigenvalue weighted by atomic mass is 35.5. The lowest BCUT2D eigenvalue weighted by atomic mass is 10.1. The van der Waals surface area contributed by atoms with Crippen LogP contribution in [0, 0.1) is 5.82 Å². The van der Waals surface area contributed by atoms with Crippen molar-refractivity contribution in [1.82, 2.24) is 14.5 Å². The summed E-state index contributed by atoms with van der Waals surface area (Å²) >= 11 is 0. The van der Waals surface area contributed by atoms with E-state index in [0.29, 0.717) is 32.6 Å². The fourth-order valence-electron chi connectivity index (χ4n) is 3.16. The maximum Gasteiger partial charge on any atom is 0.243 e. The van der Waals surface area contributed by atoms with Gasteiger partial charge in [0, 0.05) is 32.2 Å². The molecule has 0 spiro atoms. The quantitative estimate of drug-likeness (QED) is 0.847. The molecule has 9 heteroatoms. The summed E-state index contributed by atoms with van der Waals surface area (Å²) in [4.78, 5) is 13.9. The van der Waals surface area contributed by atoms with E-state index in [4.69, 9.17) is 0 Å². The zero-order chi connectivity index (χ0) is 16.4. The Morgan fingerprint density at radius 3 is 2.54 bits per heavy atom. The molecule has 1 aromatic carbocycles. The van der Waals surface area contributed by atoms with Gasteiger partial charge in [-0.1, -0.05) is 0 Å². The van der Waals surface area contributed by atoms with Crippen LogP contribution in [0.25, 0.3) is 0 Å². The van der Waals surface area contributed by atoms with Crippen molar-refractivity contribution < 1.29 is 17.6 Å². The summed E-state index contributed by atoms with van der Waals surface area (Å²) in [5.41, 5.74) is 0. The second-order valence-electron chi connectivity index (χ2n) is 5.88. The smallest absolute Gasteiger partial charge is 0.243 e. The van der Waals surface area contributed by atoms with Crippen molar-refractivity contribution in [3.63, 3.8) is 0 Å². The number of carbonyl (C=O) groups is 1. The SMILES string of the molecule is Cl.O=C1CNCCN1C1CCCN(S(=O)(=O)c2ccc(F)cc2)C1. The highest BCUT2D eigenvalue weighted by Crippen LogP contribution is 2.23. The van der Waals surface area contributed by atoms with Crippen LogP contribution in [0.5, 0.6) is 0 Å². The first kappa shape index (κ1) is 19.1. The van der Waals surface area contributed by atoms with Gasteiger partial charge in [0.15, 0.2) is 0 Å². The largest absolute Gasteiger partial charge is 0.336 e. The molecule has 134 valence electrons. The van der Waals surface area contributed by atoms with Crippen LogP contribution in [0.15, 0.2) is 29.2 Å². The first-order valence-electron chi connectivity index (χ1n) is 7.74. The van der Waals surface area contributed by atoms with Crippen molar-refractivity contribution in [1.29, 1.82) is 0 Å². The fraction of sp³-hybridized carbons (Fsp3) is 0.533. The van der Waals surface area contributed by atoms with Crippen LogP contribution in [0.4, 0.5) is 4.39 Å². The molecular formula is C15H21ClFN3O3S. The molecule has 2 heterocycles.